The van der Waals surface area contributed by atoms with E-state index in [0.717, 1.165) is 6.42 Å². The van der Waals surface area contributed by atoms with Gasteiger partial charge in [0.15, 0.2) is 0 Å². The smallest absolute Gasteiger partial charge is 0.322 e. The predicted molar refractivity (Wildman–Crippen MR) is 514 cm³/mol. The lowest BCUT2D eigenvalue weighted by atomic mass is 9.99. The Kier molecular flexibility index (Phi) is 53.0. The van der Waals surface area contributed by atoms with Gasteiger partial charge in [0, 0.05) is 43.6 Å². The molecule has 141 heavy (non-hydrogen) atoms. The first-order valence-electron chi connectivity index (χ1n) is 46.0. The molecule has 0 spiro atoms. The van der Waals surface area contributed by atoms with Crippen molar-refractivity contribution in [3.8, 4) is 5.75 Å². The number of aliphatic carboxylic acids is 2. The molecule has 0 aromatic heterocycles. The Balaban J connectivity index is 1.41. The zero-order chi connectivity index (χ0) is 105. The SMILES string of the molecule is CC(C)C[C@H](NC(=O)[C@H](CO)NC(=O)[C@H](C)NC(=O)CNC(=O)CNC(=O)[C@H](Cc1ccccc1)NC(=O)[C@H](CC(C)C)NC(=O)[C@H](CCC(=O)O)NC(=O)[C@H](CCC(N)=O)NC(=O)[C@H](CC(C)C)NC(=O)[C@H](Cc1ccccc1)NC(=O)[C@H](CS)NC(=O)[C@H](CC(C)C)NC(=O)[C@@H]1CCCN1)C(=O)NCC(=O)NCC(=O)N[C@@H](Cc1ccc(O)cc1)C(=O)N[C@@H](CS)C(=O)N[C@@H](CO)C(=O)NCC(=O)O. The van der Waals surface area contributed by atoms with Crippen LogP contribution in [0.3, 0.4) is 0 Å². The maximum absolute atomic E-state index is 14.6. The molecule has 15 atom stereocenters. The standard InChI is InChI=1S/C91H135N21O27S2/c1-47(2)31-59(78(126)96-38-72(118)95-41-74(120)100-64(37-54-22-24-55(115)25-23-54)87(135)112-69(46-141)91(139)110-66(43-113)80(128)98-42-76(123)124)103-89(137)67(44-114)109-77(125)51(9)99-73(119)40-94-71(117)39-97-79(127)63(35-52-17-12-10-13-18-52)107-85(133)61(33-49(5)6)105-83(131)58(27-29-75(121)122)101-82(130)57(26-28-70(92)116)102-84(132)60(32-48(3)4)106-88(136)65(36-53-19-14-11-15-20-53)108-90(138)68(45-140)111-86(134)62(34-50(7)8)104-81(129)56-21-16-30-93-56/h10-15,17-20,22-25,47-51,56-69,93,113-115,140-141H,16,21,26-46H2,1-9H3,(H2,92,116)(H,94,117)(H,95,118)(H,96,126)(H,97,127)(H,98,128)(H,99,119)(H,100,120)(H,101,130)(H,102,132)(H,103,137)(H,104,129)(H,105,131)(H,106,136)(H,107,133)(H,108,138)(H,109,125)(H,110,139)(H,111,134)(H,112,135)(H,121,122)(H,123,124)/t51-,56-,57-,58-,59-,60-,61-,62-,63-,64-,65-,66-,67-,68-,69-/m0/s1. The zero-order valence-electron chi connectivity index (χ0n) is 80.0. The minimum absolute atomic E-state index is 0.0693. The highest BCUT2D eigenvalue weighted by molar-refractivity contribution is 7.80. The van der Waals surface area contributed by atoms with Crippen LogP contribution in [0.25, 0.3) is 0 Å². The van der Waals surface area contributed by atoms with Crippen molar-refractivity contribution in [1.29, 1.82) is 0 Å². The lowest BCUT2D eigenvalue weighted by Crippen LogP contribution is -2.61. The first-order chi connectivity index (χ1) is 66.6. The number of aromatic hydroxyl groups is 1. The quantitative estimate of drug-likeness (QED) is 0.0234. The highest BCUT2D eigenvalue weighted by Crippen LogP contribution is 2.18. The molecule has 3 aromatic rings. The summed E-state index contributed by atoms with van der Waals surface area (Å²) in [4.78, 5) is 297. The van der Waals surface area contributed by atoms with E-state index in [-0.39, 0.29) is 80.1 Å². The number of phenolic OH excluding ortho intramolecular Hbond substituents is 1. The maximum atomic E-state index is 14.6. The number of hydrogen-bond acceptors (Lipinski definition) is 28. The van der Waals surface area contributed by atoms with Crippen LogP contribution in [-0.2, 0) is 125 Å². The summed E-state index contributed by atoms with van der Waals surface area (Å²) in [5.74, 6) is -23.9. The van der Waals surface area contributed by atoms with Crippen molar-refractivity contribution in [2.75, 3.05) is 64.0 Å². The van der Waals surface area contributed by atoms with Gasteiger partial charge >= 0.3 is 11.9 Å². The maximum Gasteiger partial charge on any atom is 0.322 e. The Labute approximate surface area is 825 Å². The van der Waals surface area contributed by atoms with Gasteiger partial charge in [0.2, 0.25) is 118 Å². The fourth-order valence-corrected chi connectivity index (χ4v) is 14.5. The summed E-state index contributed by atoms with van der Waals surface area (Å²) in [5.41, 5.74) is 6.97. The lowest BCUT2D eigenvalue weighted by molar-refractivity contribution is -0.139. The topological polar surface area (TPSA) is 743 Å². The van der Waals surface area contributed by atoms with Gasteiger partial charge in [-0.25, -0.2) is 0 Å². The highest BCUT2D eigenvalue weighted by Gasteiger charge is 2.39. The molecular weight excluding hydrogens is 1880 g/mol. The third-order valence-corrected chi connectivity index (χ3v) is 22.1. The third kappa shape index (κ3) is 45.9. The van der Waals surface area contributed by atoms with Gasteiger partial charge in [0.05, 0.1) is 45.4 Å². The molecule has 778 valence electrons. The Morgan fingerprint density at radius 1 is 0.333 bits per heavy atom. The molecule has 0 aliphatic carbocycles. The average Bonchev–Trinajstić information content (AvgIpc) is 1.55. The summed E-state index contributed by atoms with van der Waals surface area (Å²) in [6.45, 7) is 9.52. The summed E-state index contributed by atoms with van der Waals surface area (Å²) in [5, 5.41) is 97.6. The minimum atomic E-state index is -1.80. The van der Waals surface area contributed by atoms with Gasteiger partial charge < -0.3 is 138 Å². The molecule has 27 N–H and O–H groups in total. The second kappa shape index (κ2) is 62.4. The Morgan fingerprint density at radius 3 is 1.04 bits per heavy atom. The molecule has 1 aliphatic rings. The molecule has 50 heteroatoms. The lowest BCUT2D eigenvalue weighted by Gasteiger charge is -2.29. The number of nitrogens with two attached hydrogens (primary N) is 1. The number of benzene rings is 3. The van der Waals surface area contributed by atoms with Crippen LogP contribution in [-0.4, -0.2) is 310 Å². The van der Waals surface area contributed by atoms with Gasteiger partial charge in [-0.3, -0.25) is 105 Å². The van der Waals surface area contributed by atoms with Gasteiger partial charge in [0.1, 0.15) is 96.9 Å². The highest BCUT2D eigenvalue weighted by atomic mass is 32.1. The number of thiol groups is 2. The first kappa shape index (κ1) is 120. The summed E-state index contributed by atoms with van der Waals surface area (Å²) in [6, 6.07) is 0.263. The molecule has 3 aromatic carbocycles. The van der Waals surface area contributed by atoms with E-state index in [9.17, 15) is 126 Å². The molecule has 0 saturated carbocycles. The second-order valence-electron chi connectivity index (χ2n) is 35.3. The first-order valence-corrected chi connectivity index (χ1v) is 47.2. The molecule has 1 aliphatic heterocycles. The fourth-order valence-electron chi connectivity index (χ4n) is 14.0. The molecule has 0 unspecified atom stereocenters. The van der Waals surface area contributed by atoms with E-state index in [2.05, 4.69) is 126 Å². The number of amides is 20. The van der Waals surface area contributed by atoms with Gasteiger partial charge in [-0.1, -0.05) is 128 Å². The number of phenols is 1. The summed E-state index contributed by atoms with van der Waals surface area (Å²) >= 11 is 8.44. The van der Waals surface area contributed by atoms with Crippen molar-refractivity contribution >= 4 is 155 Å². The van der Waals surface area contributed by atoms with E-state index >= 15 is 0 Å². The molecule has 4 rings (SSSR count). The second-order valence-corrected chi connectivity index (χ2v) is 36.1. The van der Waals surface area contributed by atoms with Crippen LogP contribution in [0.4, 0.5) is 0 Å². The number of carbonyl (C=O) groups is 22. The molecule has 20 amide bonds. The minimum Gasteiger partial charge on any atom is -0.508 e. The van der Waals surface area contributed by atoms with Crippen molar-refractivity contribution in [3.63, 3.8) is 0 Å². The number of hydrogen-bond donors (Lipinski definition) is 28. The number of aliphatic hydroxyl groups excluding tert-OH is 2. The number of aliphatic hydroxyl groups is 2. The Hall–Kier alpha value is -13.6. The number of primary amides is 1. The number of rotatable bonds is 63. The Bertz CT molecular complexity index is 4770. The van der Waals surface area contributed by atoms with Gasteiger partial charge in [-0.2, -0.15) is 25.3 Å². The number of carbonyl (C=O) groups excluding carboxylic acids is 20. The molecular formula is C91H135N21O27S2. The largest absolute Gasteiger partial charge is 0.508 e. The van der Waals surface area contributed by atoms with Crippen molar-refractivity contribution in [3.05, 3.63) is 102 Å². The van der Waals surface area contributed by atoms with Crippen molar-refractivity contribution < 1.29 is 131 Å². The molecule has 0 radical (unpaired) electrons. The fraction of sp³-hybridized carbons (Fsp3) is 0.560. The monoisotopic (exact) mass is 2020 g/mol. The van der Waals surface area contributed by atoms with Crippen LogP contribution >= 0.6 is 25.3 Å². The molecule has 48 nitrogen and oxygen atoms in total. The van der Waals surface area contributed by atoms with E-state index < -0.39 is 298 Å². The number of nitrogens with one attached hydrogen (secondary N) is 20. The van der Waals surface area contributed by atoms with E-state index in [0.29, 0.717) is 29.7 Å². The van der Waals surface area contributed by atoms with E-state index in [1.54, 1.807) is 102 Å². The zero-order valence-corrected chi connectivity index (χ0v) is 81.8. The van der Waals surface area contributed by atoms with Crippen molar-refractivity contribution in [2.45, 2.75) is 236 Å². The van der Waals surface area contributed by atoms with Crippen LogP contribution in [0.1, 0.15) is 143 Å². The van der Waals surface area contributed by atoms with E-state index in [4.69, 9.17) is 10.8 Å². The number of carboxylic acid groups (broad SMARTS) is 2. The Morgan fingerprint density at radius 2 is 0.638 bits per heavy atom. The number of carboxylic acids is 2. The van der Waals surface area contributed by atoms with Crippen LogP contribution in [0.2, 0.25) is 0 Å². The predicted octanol–water partition coefficient (Wildman–Crippen LogP) is -7.20. The van der Waals surface area contributed by atoms with Crippen LogP contribution in [0.15, 0.2) is 84.9 Å². The van der Waals surface area contributed by atoms with Crippen LogP contribution in [0, 0.1) is 23.7 Å². The van der Waals surface area contributed by atoms with Gasteiger partial charge in [-0.15, -0.1) is 0 Å². The van der Waals surface area contributed by atoms with E-state index in [1.165, 1.54) is 31.2 Å². The summed E-state index contributed by atoms with van der Waals surface area (Å²) < 4.78 is 0. The van der Waals surface area contributed by atoms with Gasteiger partial charge in [0.25, 0.3) is 0 Å². The van der Waals surface area contributed by atoms with Crippen molar-refractivity contribution in [1.82, 2.24) is 106 Å². The molecule has 0 bridgehead atoms. The third-order valence-electron chi connectivity index (χ3n) is 21.4. The summed E-state index contributed by atoms with van der Waals surface area (Å²) in [7, 11) is 0. The molecule has 1 fully saturated rings. The molecule has 1 saturated heterocycles. The van der Waals surface area contributed by atoms with Crippen molar-refractivity contribution in [2.24, 2.45) is 29.4 Å². The van der Waals surface area contributed by atoms with Gasteiger partial charge in [-0.05, 0) is 117 Å². The average molecular weight is 2020 g/mol. The normalized spacial score (nSPS) is 15.1. The molecule has 1 heterocycles. The van der Waals surface area contributed by atoms with Crippen LogP contribution < -0.4 is 112 Å². The summed E-state index contributed by atoms with van der Waals surface area (Å²) in [6.07, 6.45) is -1.89. The van der Waals surface area contributed by atoms with E-state index in [1.807, 2.05) is 19.2 Å². The van der Waals surface area contributed by atoms with Crippen LogP contribution in [0.5, 0.6) is 5.75 Å².